The number of allylic oxidation sites excluding steroid dienone is 1. The van der Waals surface area contributed by atoms with Crippen molar-refractivity contribution < 1.29 is 23.8 Å². The van der Waals surface area contributed by atoms with Crippen LogP contribution in [0.15, 0.2) is 100 Å². The van der Waals surface area contributed by atoms with Crippen LogP contribution in [0.1, 0.15) is 60.8 Å². The van der Waals surface area contributed by atoms with Gasteiger partial charge in [0.25, 0.3) is 5.56 Å². The van der Waals surface area contributed by atoms with Gasteiger partial charge in [-0.2, -0.15) is 0 Å². The second kappa shape index (κ2) is 13.6. The molecule has 1 aliphatic rings. The van der Waals surface area contributed by atoms with Crippen LogP contribution in [0.25, 0.3) is 17.0 Å². The Balaban J connectivity index is 1.43. The number of ether oxygens (including phenoxy) is 3. The van der Waals surface area contributed by atoms with E-state index in [4.69, 9.17) is 19.2 Å². The lowest BCUT2D eigenvalue weighted by atomic mass is 9.96. The molecule has 0 saturated carbocycles. The Bertz CT molecular complexity index is 2170. The van der Waals surface area contributed by atoms with Crippen molar-refractivity contribution in [2.24, 2.45) is 4.99 Å². The van der Waals surface area contributed by atoms with E-state index in [2.05, 4.69) is 4.57 Å². The van der Waals surface area contributed by atoms with Crippen LogP contribution < -0.4 is 19.6 Å². The maximum absolute atomic E-state index is 14.2. The van der Waals surface area contributed by atoms with Gasteiger partial charge in [-0.25, -0.2) is 14.6 Å². The van der Waals surface area contributed by atoms with Crippen LogP contribution in [0.5, 0.6) is 5.75 Å². The average molecular weight is 650 g/mol. The lowest BCUT2D eigenvalue weighted by molar-refractivity contribution is -0.139. The molecule has 6 rings (SSSR count). The first-order chi connectivity index (χ1) is 22.8. The molecule has 3 aromatic carbocycles. The fraction of sp³-hybridized carbons (Fsp3) is 0.243. The maximum Gasteiger partial charge on any atom is 0.338 e. The van der Waals surface area contributed by atoms with Gasteiger partial charge < -0.3 is 18.8 Å². The summed E-state index contributed by atoms with van der Waals surface area (Å²) in [6.07, 6.45) is 3.92. The molecule has 0 fully saturated rings. The van der Waals surface area contributed by atoms with E-state index in [9.17, 15) is 14.4 Å². The molecule has 0 saturated heterocycles. The van der Waals surface area contributed by atoms with Gasteiger partial charge in [0, 0.05) is 29.2 Å². The number of hydrogen-bond acceptors (Lipinski definition) is 8. The Morgan fingerprint density at radius 3 is 2.30 bits per heavy atom. The molecule has 0 bridgehead atoms. The fourth-order valence-corrected chi connectivity index (χ4v) is 6.88. The molecule has 0 radical (unpaired) electrons. The van der Waals surface area contributed by atoms with Crippen LogP contribution in [0.4, 0.5) is 0 Å². The predicted molar refractivity (Wildman–Crippen MR) is 181 cm³/mol. The largest absolute Gasteiger partial charge is 0.494 e. The molecule has 0 spiro atoms. The molecular weight excluding hydrogens is 614 g/mol. The van der Waals surface area contributed by atoms with E-state index in [-0.39, 0.29) is 18.1 Å². The van der Waals surface area contributed by atoms with Gasteiger partial charge in [0.15, 0.2) is 4.80 Å². The molecule has 0 aliphatic carbocycles. The van der Waals surface area contributed by atoms with Gasteiger partial charge in [-0.05, 0) is 75.2 Å². The van der Waals surface area contributed by atoms with E-state index in [1.165, 1.54) is 11.3 Å². The highest BCUT2D eigenvalue weighted by atomic mass is 32.1. The maximum atomic E-state index is 14.2. The standard InChI is InChI=1S/C37H35N3O6S/c1-5-44-28-18-16-25(17-19-28)33-32(36(43)46-7-3)23(4)38-37-40(33)34(41)31(47-37)20-27-22-39(30-11-9-8-10-29(27)30)21-24-12-14-26(15-13-24)35(42)45-6-2/h8-20,22,33H,5-7,21H2,1-4H3/b31-20-/t33-/m1/s1. The molecule has 240 valence electrons. The molecule has 3 heterocycles. The van der Waals surface area contributed by atoms with Crippen LogP contribution >= 0.6 is 11.3 Å². The summed E-state index contributed by atoms with van der Waals surface area (Å²) in [7, 11) is 0. The number of nitrogens with zero attached hydrogens (tertiary/aromatic N) is 3. The first-order valence-corrected chi connectivity index (χ1v) is 16.4. The molecular formula is C37H35N3O6S. The SMILES string of the molecule is CCOC(=O)C1=C(C)N=c2s/c(=C\c3cn(Cc4ccc(C(=O)OCC)cc4)c4ccccc34)c(=O)n2[C@@H]1c1ccc(OCC)cc1. The lowest BCUT2D eigenvalue weighted by Gasteiger charge is -2.24. The van der Waals surface area contributed by atoms with E-state index in [1.54, 1.807) is 37.5 Å². The van der Waals surface area contributed by atoms with Gasteiger partial charge in [-0.15, -0.1) is 0 Å². The number of hydrogen-bond donors (Lipinski definition) is 0. The number of carbonyl (C=O) groups excluding carboxylic acids is 2. The van der Waals surface area contributed by atoms with Crippen molar-refractivity contribution in [1.82, 2.24) is 9.13 Å². The monoisotopic (exact) mass is 649 g/mol. The highest BCUT2D eigenvalue weighted by molar-refractivity contribution is 7.07. The van der Waals surface area contributed by atoms with Gasteiger partial charge in [-0.3, -0.25) is 9.36 Å². The number of aromatic nitrogens is 2. The first-order valence-electron chi connectivity index (χ1n) is 15.6. The summed E-state index contributed by atoms with van der Waals surface area (Å²) in [5.41, 5.74) is 4.77. The van der Waals surface area contributed by atoms with Crippen molar-refractivity contribution in [3.63, 3.8) is 0 Å². The quantitative estimate of drug-likeness (QED) is 0.189. The van der Waals surface area contributed by atoms with E-state index in [0.29, 0.717) is 51.7 Å². The van der Waals surface area contributed by atoms with Gasteiger partial charge in [0.1, 0.15) is 5.75 Å². The third-order valence-corrected chi connectivity index (χ3v) is 8.93. The number of para-hydroxylation sites is 1. The fourth-order valence-electron chi connectivity index (χ4n) is 5.84. The number of rotatable bonds is 10. The summed E-state index contributed by atoms with van der Waals surface area (Å²) >= 11 is 1.29. The van der Waals surface area contributed by atoms with Gasteiger partial charge in [0.2, 0.25) is 0 Å². The summed E-state index contributed by atoms with van der Waals surface area (Å²) in [5, 5.41) is 0.993. The molecule has 9 nitrogen and oxygen atoms in total. The van der Waals surface area contributed by atoms with Crippen molar-refractivity contribution in [2.75, 3.05) is 19.8 Å². The van der Waals surface area contributed by atoms with Crippen LogP contribution in [0, 0.1) is 0 Å². The molecule has 0 N–H and O–H groups in total. The first kappa shape index (κ1) is 31.7. The summed E-state index contributed by atoms with van der Waals surface area (Å²) in [6.45, 7) is 8.85. The Labute approximate surface area is 275 Å². The van der Waals surface area contributed by atoms with Crippen molar-refractivity contribution in [1.29, 1.82) is 0 Å². The third kappa shape index (κ3) is 6.29. The summed E-state index contributed by atoms with van der Waals surface area (Å²) < 4.78 is 20.4. The Morgan fingerprint density at radius 2 is 1.60 bits per heavy atom. The van der Waals surface area contributed by atoms with Crippen LogP contribution in [0.3, 0.4) is 0 Å². The van der Waals surface area contributed by atoms with E-state index < -0.39 is 12.0 Å². The topological polar surface area (TPSA) is 101 Å². The number of thiazole rings is 1. The molecule has 2 aromatic heterocycles. The molecule has 1 aliphatic heterocycles. The second-order valence-electron chi connectivity index (χ2n) is 11.0. The molecule has 5 aromatic rings. The zero-order valence-electron chi connectivity index (χ0n) is 26.7. The zero-order chi connectivity index (χ0) is 33.1. The lowest BCUT2D eigenvalue weighted by Crippen LogP contribution is -2.39. The third-order valence-electron chi connectivity index (χ3n) is 7.95. The highest BCUT2D eigenvalue weighted by Gasteiger charge is 2.33. The Morgan fingerprint density at radius 1 is 0.894 bits per heavy atom. The number of fused-ring (bicyclic) bond motifs is 2. The van der Waals surface area contributed by atoms with Crippen molar-refractivity contribution >= 4 is 40.3 Å². The Kier molecular flexibility index (Phi) is 9.22. The van der Waals surface area contributed by atoms with E-state index in [1.807, 2.05) is 79.9 Å². The van der Waals surface area contributed by atoms with E-state index >= 15 is 0 Å². The highest BCUT2D eigenvalue weighted by Crippen LogP contribution is 2.32. The summed E-state index contributed by atoms with van der Waals surface area (Å²) in [4.78, 5) is 44.8. The van der Waals surface area contributed by atoms with Crippen molar-refractivity contribution in [3.05, 3.63) is 132 Å². The summed E-state index contributed by atoms with van der Waals surface area (Å²) in [6, 6.07) is 22.1. The predicted octanol–water partition coefficient (Wildman–Crippen LogP) is 5.38. The molecule has 10 heteroatoms. The van der Waals surface area contributed by atoms with Gasteiger partial charge in [0.05, 0.1) is 47.2 Å². The normalized spacial score (nSPS) is 14.6. The number of benzene rings is 3. The molecule has 0 amide bonds. The smallest absolute Gasteiger partial charge is 0.338 e. The second-order valence-corrected chi connectivity index (χ2v) is 12.0. The van der Waals surface area contributed by atoms with Crippen molar-refractivity contribution in [2.45, 2.75) is 40.3 Å². The molecule has 0 unspecified atom stereocenters. The minimum absolute atomic E-state index is 0.204. The molecule has 47 heavy (non-hydrogen) atoms. The minimum atomic E-state index is -0.706. The van der Waals surface area contributed by atoms with E-state index in [0.717, 1.165) is 27.6 Å². The van der Waals surface area contributed by atoms with Crippen LogP contribution in [-0.4, -0.2) is 40.9 Å². The van der Waals surface area contributed by atoms with Gasteiger partial charge >= 0.3 is 11.9 Å². The molecule has 1 atom stereocenters. The zero-order valence-corrected chi connectivity index (χ0v) is 27.5. The van der Waals surface area contributed by atoms with Crippen LogP contribution in [0.2, 0.25) is 0 Å². The average Bonchev–Trinajstić information content (AvgIpc) is 3.57. The minimum Gasteiger partial charge on any atom is -0.494 e. The van der Waals surface area contributed by atoms with Gasteiger partial charge in [-0.1, -0.05) is 53.8 Å². The Hall–Kier alpha value is -5.22. The number of esters is 2. The van der Waals surface area contributed by atoms with Crippen LogP contribution in [-0.2, 0) is 20.8 Å². The van der Waals surface area contributed by atoms with Crippen molar-refractivity contribution in [3.8, 4) is 5.75 Å². The number of carbonyl (C=O) groups is 2. The summed E-state index contributed by atoms with van der Waals surface area (Å²) in [5.74, 6) is -0.141.